The number of aliphatic carboxylic acids is 1. The van der Waals surface area contributed by atoms with Crippen LogP contribution in [0.1, 0.15) is 0 Å². The average molecular weight is 317 g/mol. The zero-order valence-electron chi connectivity index (χ0n) is 10.8. The molecule has 0 saturated carbocycles. The Labute approximate surface area is 129 Å². The molecule has 3 rings (SSSR count). The monoisotopic (exact) mass is 317 g/mol. The number of hydrogen-bond donors (Lipinski definition) is 2. The minimum Gasteiger partial charge on any atom is -0.481 e. The predicted molar refractivity (Wildman–Crippen MR) is 83.5 cm³/mol. The van der Waals surface area contributed by atoms with Gasteiger partial charge in [-0.25, -0.2) is 4.98 Å². The Morgan fingerprint density at radius 1 is 1.29 bits per heavy atom. The summed E-state index contributed by atoms with van der Waals surface area (Å²) < 4.78 is 0. The summed E-state index contributed by atoms with van der Waals surface area (Å²) in [6.45, 7) is 0. The third-order valence-corrected chi connectivity index (χ3v) is 4.48. The van der Waals surface area contributed by atoms with Crippen molar-refractivity contribution in [3.05, 3.63) is 41.8 Å². The summed E-state index contributed by atoms with van der Waals surface area (Å²) in [6, 6.07) is 12.1. The van der Waals surface area contributed by atoms with Crippen LogP contribution in [0, 0.1) is 0 Å². The topological polar surface area (TPSA) is 78.9 Å². The van der Waals surface area contributed by atoms with Crippen LogP contribution >= 0.6 is 23.1 Å². The molecular formula is C14H11N3O2S2. The van der Waals surface area contributed by atoms with Crippen molar-refractivity contribution in [2.24, 2.45) is 0 Å². The predicted octanol–water partition coefficient (Wildman–Crippen LogP) is 3.38. The van der Waals surface area contributed by atoms with Crippen molar-refractivity contribution >= 4 is 29.1 Å². The molecule has 2 heterocycles. The van der Waals surface area contributed by atoms with Crippen molar-refractivity contribution < 1.29 is 9.90 Å². The Morgan fingerprint density at radius 2 is 2.14 bits per heavy atom. The normalized spacial score (nSPS) is 10.7. The Hall–Kier alpha value is -2.12. The molecule has 106 valence electrons. The van der Waals surface area contributed by atoms with Gasteiger partial charge in [0.2, 0.25) is 5.16 Å². The molecular weight excluding hydrogens is 306 g/mol. The van der Waals surface area contributed by atoms with Crippen LogP contribution in [0.4, 0.5) is 0 Å². The van der Waals surface area contributed by atoms with E-state index in [9.17, 15) is 4.79 Å². The molecule has 2 aromatic heterocycles. The number of rotatable bonds is 5. The summed E-state index contributed by atoms with van der Waals surface area (Å²) in [4.78, 5) is 16.0. The highest BCUT2D eigenvalue weighted by atomic mass is 32.2. The highest BCUT2D eigenvalue weighted by Crippen LogP contribution is 2.28. The van der Waals surface area contributed by atoms with E-state index in [0.717, 1.165) is 22.9 Å². The summed E-state index contributed by atoms with van der Waals surface area (Å²) in [5, 5.41) is 18.0. The largest absolute Gasteiger partial charge is 0.481 e. The minimum atomic E-state index is -0.883. The first-order chi connectivity index (χ1) is 10.2. The van der Waals surface area contributed by atoms with E-state index in [1.165, 1.54) is 4.88 Å². The Kier molecular flexibility index (Phi) is 4.03. The van der Waals surface area contributed by atoms with Crippen LogP contribution in [0.25, 0.3) is 21.8 Å². The number of nitrogens with zero attached hydrogens (tertiary/aromatic N) is 2. The molecule has 0 unspecified atom stereocenters. The van der Waals surface area contributed by atoms with Crippen molar-refractivity contribution in [3.63, 3.8) is 0 Å². The molecule has 0 saturated heterocycles. The number of carboxylic acids is 1. The van der Waals surface area contributed by atoms with Crippen LogP contribution in [-0.4, -0.2) is 32.0 Å². The van der Waals surface area contributed by atoms with Crippen molar-refractivity contribution in [2.75, 3.05) is 5.75 Å². The number of carbonyl (C=O) groups is 1. The molecule has 3 aromatic rings. The molecule has 7 heteroatoms. The van der Waals surface area contributed by atoms with E-state index in [2.05, 4.69) is 21.2 Å². The number of thioether (sulfide) groups is 1. The fourth-order valence-corrected chi connectivity index (χ4v) is 3.07. The minimum absolute atomic E-state index is 0.0491. The van der Waals surface area contributed by atoms with Crippen molar-refractivity contribution in [2.45, 2.75) is 5.16 Å². The summed E-state index contributed by atoms with van der Waals surface area (Å²) >= 11 is 2.78. The molecule has 0 radical (unpaired) electrons. The van der Waals surface area contributed by atoms with E-state index in [-0.39, 0.29) is 5.75 Å². The van der Waals surface area contributed by atoms with Crippen LogP contribution in [-0.2, 0) is 4.79 Å². The zero-order chi connectivity index (χ0) is 14.7. The lowest BCUT2D eigenvalue weighted by atomic mass is 10.1. The van der Waals surface area contributed by atoms with Gasteiger partial charge < -0.3 is 5.11 Å². The van der Waals surface area contributed by atoms with Crippen LogP contribution in [0.3, 0.4) is 0 Å². The molecule has 1 aromatic carbocycles. The summed E-state index contributed by atoms with van der Waals surface area (Å²) in [5.74, 6) is -0.292. The zero-order valence-corrected chi connectivity index (χ0v) is 12.4. The van der Waals surface area contributed by atoms with Gasteiger partial charge in [0.15, 0.2) is 5.82 Å². The maximum Gasteiger partial charge on any atom is 0.313 e. The Balaban J connectivity index is 1.84. The number of carboxylic acid groups (broad SMARTS) is 1. The maximum atomic E-state index is 10.5. The standard InChI is InChI=1S/C14H11N3O2S2/c18-12(19)8-21-14-15-13(16-17-14)10-4-1-3-9(7-10)11-5-2-6-20-11/h1-7H,8H2,(H,18,19)(H,15,16,17). The molecule has 0 aliphatic carbocycles. The van der Waals surface area contributed by atoms with E-state index < -0.39 is 5.97 Å². The van der Waals surface area contributed by atoms with Crippen LogP contribution in [0.15, 0.2) is 46.9 Å². The first kappa shape index (κ1) is 13.8. The number of H-pyrrole nitrogens is 1. The molecule has 0 bridgehead atoms. The first-order valence-corrected chi connectivity index (χ1v) is 8.00. The lowest BCUT2D eigenvalue weighted by Gasteiger charge is -2.00. The third kappa shape index (κ3) is 3.32. The van der Waals surface area contributed by atoms with E-state index in [1.54, 1.807) is 11.3 Å². The number of hydrogen-bond acceptors (Lipinski definition) is 5. The summed E-state index contributed by atoms with van der Waals surface area (Å²) in [5.41, 5.74) is 2.05. The van der Waals surface area contributed by atoms with Gasteiger partial charge in [0, 0.05) is 10.4 Å². The van der Waals surface area contributed by atoms with Gasteiger partial charge in [0.1, 0.15) is 0 Å². The number of nitrogens with one attached hydrogen (secondary N) is 1. The fourth-order valence-electron chi connectivity index (χ4n) is 1.83. The smallest absolute Gasteiger partial charge is 0.313 e. The van der Waals surface area contributed by atoms with E-state index in [0.29, 0.717) is 11.0 Å². The summed E-state index contributed by atoms with van der Waals surface area (Å²) in [6.07, 6.45) is 0. The van der Waals surface area contributed by atoms with E-state index in [1.807, 2.05) is 35.7 Å². The second-order valence-electron chi connectivity index (χ2n) is 4.21. The second kappa shape index (κ2) is 6.11. The van der Waals surface area contributed by atoms with Gasteiger partial charge in [-0.3, -0.25) is 9.89 Å². The van der Waals surface area contributed by atoms with Gasteiger partial charge in [-0.2, -0.15) is 0 Å². The van der Waals surface area contributed by atoms with Crippen molar-refractivity contribution in [1.29, 1.82) is 0 Å². The SMILES string of the molecule is O=C(O)CSc1n[nH]c(-c2cccc(-c3cccs3)c2)n1. The van der Waals surface area contributed by atoms with Gasteiger partial charge in [-0.05, 0) is 23.1 Å². The molecule has 0 fully saturated rings. The molecule has 0 aliphatic heterocycles. The van der Waals surface area contributed by atoms with E-state index >= 15 is 0 Å². The molecule has 0 atom stereocenters. The number of thiophene rings is 1. The number of benzene rings is 1. The lowest BCUT2D eigenvalue weighted by molar-refractivity contribution is -0.133. The van der Waals surface area contributed by atoms with Gasteiger partial charge >= 0.3 is 5.97 Å². The highest BCUT2D eigenvalue weighted by Gasteiger charge is 2.09. The van der Waals surface area contributed by atoms with E-state index in [4.69, 9.17) is 5.11 Å². The Morgan fingerprint density at radius 3 is 2.90 bits per heavy atom. The average Bonchev–Trinajstić information content (AvgIpc) is 3.17. The second-order valence-corrected chi connectivity index (χ2v) is 6.10. The summed E-state index contributed by atoms with van der Waals surface area (Å²) in [7, 11) is 0. The van der Waals surface area contributed by atoms with Crippen LogP contribution < -0.4 is 0 Å². The molecule has 0 aliphatic rings. The highest BCUT2D eigenvalue weighted by molar-refractivity contribution is 7.99. The maximum absolute atomic E-state index is 10.5. The number of aromatic nitrogens is 3. The van der Waals surface area contributed by atoms with Gasteiger partial charge in [0.25, 0.3) is 0 Å². The molecule has 2 N–H and O–H groups in total. The molecule has 5 nitrogen and oxygen atoms in total. The molecule has 0 amide bonds. The first-order valence-electron chi connectivity index (χ1n) is 6.14. The quantitative estimate of drug-likeness (QED) is 0.705. The third-order valence-electron chi connectivity index (χ3n) is 2.73. The van der Waals surface area contributed by atoms with Crippen molar-refractivity contribution in [1.82, 2.24) is 15.2 Å². The fraction of sp³-hybridized carbons (Fsp3) is 0.0714. The van der Waals surface area contributed by atoms with Crippen molar-refractivity contribution in [3.8, 4) is 21.8 Å². The number of aromatic amines is 1. The van der Waals surface area contributed by atoms with Gasteiger partial charge in [0.05, 0.1) is 5.75 Å². The lowest BCUT2D eigenvalue weighted by Crippen LogP contribution is -1.97. The van der Waals surface area contributed by atoms with Crippen LogP contribution in [0.5, 0.6) is 0 Å². The molecule has 21 heavy (non-hydrogen) atoms. The van der Waals surface area contributed by atoms with Gasteiger partial charge in [-0.1, -0.05) is 36.0 Å². The van der Waals surface area contributed by atoms with Crippen LogP contribution in [0.2, 0.25) is 0 Å². The molecule has 0 spiro atoms. The Bertz CT molecular complexity index is 753. The van der Waals surface area contributed by atoms with Gasteiger partial charge in [-0.15, -0.1) is 16.4 Å².